The second-order valence-corrected chi connectivity index (χ2v) is 6.63. The number of benzene rings is 1. The fourth-order valence-corrected chi connectivity index (χ4v) is 3.69. The Hall–Kier alpha value is -2.41. The van der Waals surface area contributed by atoms with Gasteiger partial charge in [0.05, 0.1) is 11.3 Å². The van der Waals surface area contributed by atoms with Crippen LogP contribution in [0.1, 0.15) is 23.2 Å². The number of carbonyl (C=O) groups excluding carboxylic acids is 3. The number of ether oxygens (including phenoxy) is 1. The molecule has 3 aliphatic rings. The van der Waals surface area contributed by atoms with E-state index >= 15 is 0 Å². The molecule has 132 valence electrons. The van der Waals surface area contributed by atoms with Crippen molar-refractivity contribution in [2.75, 3.05) is 50.8 Å². The van der Waals surface area contributed by atoms with Gasteiger partial charge in [0, 0.05) is 52.1 Å². The van der Waals surface area contributed by atoms with Crippen LogP contribution in [0.4, 0.5) is 5.69 Å². The molecule has 0 saturated carbocycles. The van der Waals surface area contributed by atoms with Crippen LogP contribution in [0.2, 0.25) is 0 Å². The Balaban J connectivity index is 1.34. The minimum Gasteiger partial charge on any atom is -0.482 e. The number of imide groups is 1. The van der Waals surface area contributed by atoms with Crippen molar-refractivity contribution in [3.8, 4) is 5.75 Å². The van der Waals surface area contributed by atoms with Gasteiger partial charge in [-0.15, -0.1) is 0 Å². The summed E-state index contributed by atoms with van der Waals surface area (Å²) in [6.07, 6.45) is 0.703. The zero-order valence-electron chi connectivity index (χ0n) is 14.1. The molecule has 0 radical (unpaired) electrons. The summed E-state index contributed by atoms with van der Waals surface area (Å²) >= 11 is 0. The first kappa shape index (κ1) is 16.1. The first-order chi connectivity index (χ1) is 12.1. The van der Waals surface area contributed by atoms with E-state index in [-0.39, 0.29) is 24.2 Å². The van der Waals surface area contributed by atoms with Crippen molar-refractivity contribution in [2.24, 2.45) is 0 Å². The van der Waals surface area contributed by atoms with E-state index in [1.165, 1.54) is 4.90 Å². The van der Waals surface area contributed by atoms with Gasteiger partial charge in [0.15, 0.2) is 12.4 Å². The number of carbonyl (C=O) groups is 3. The number of amides is 2. The van der Waals surface area contributed by atoms with Crippen LogP contribution in [0.25, 0.3) is 0 Å². The summed E-state index contributed by atoms with van der Waals surface area (Å²) in [7, 11) is 0. The van der Waals surface area contributed by atoms with Gasteiger partial charge in [0.1, 0.15) is 0 Å². The van der Waals surface area contributed by atoms with E-state index in [4.69, 9.17) is 4.74 Å². The lowest BCUT2D eigenvalue weighted by Gasteiger charge is -2.37. The number of likely N-dealkylation sites (tertiary alicyclic amines) is 1. The number of Topliss-reactive ketones (excluding diaryl/α,β-unsaturated/α-hetero) is 1. The second-order valence-electron chi connectivity index (χ2n) is 6.63. The lowest BCUT2D eigenvalue weighted by Crippen LogP contribution is -2.49. The topological polar surface area (TPSA) is 70.2 Å². The van der Waals surface area contributed by atoms with E-state index in [9.17, 15) is 14.4 Å². The van der Waals surface area contributed by atoms with E-state index in [0.717, 1.165) is 31.9 Å². The number of ketones is 1. The van der Waals surface area contributed by atoms with Crippen LogP contribution < -0.4 is 9.64 Å². The minimum atomic E-state index is -0.0506. The van der Waals surface area contributed by atoms with Crippen molar-refractivity contribution in [1.29, 1.82) is 0 Å². The molecule has 0 aliphatic carbocycles. The highest BCUT2D eigenvalue weighted by Crippen LogP contribution is 2.36. The van der Waals surface area contributed by atoms with Crippen molar-refractivity contribution in [3.63, 3.8) is 0 Å². The predicted molar refractivity (Wildman–Crippen MR) is 90.9 cm³/mol. The zero-order chi connectivity index (χ0) is 17.4. The molecule has 0 N–H and O–H groups in total. The maximum Gasteiger partial charge on any atom is 0.229 e. The summed E-state index contributed by atoms with van der Waals surface area (Å²) in [6.45, 7) is 4.70. The Morgan fingerprint density at radius 1 is 0.920 bits per heavy atom. The summed E-state index contributed by atoms with van der Waals surface area (Å²) in [6, 6.07) is 5.71. The number of para-hydroxylation sites is 1. The van der Waals surface area contributed by atoms with Crippen molar-refractivity contribution in [1.82, 2.24) is 9.80 Å². The quantitative estimate of drug-likeness (QED) is 0.743. The molecular weight excluding hydrogens is 322 g/mol. The highest BCUT2D eigenvalue weighted by Gasteiger charge is 2.30. The Labute approximate surface area is 146 Å². The largest absolute Gasteiger partial charge is 0.482 e. The molecule has 7 nitrogen and oxygen atoms in total. The van der Waals surface area contributed by atoms with Gasteiger partial charge in [-0.2, -0.15) is 0 Å². The normalized spacial score (nSPS) is 21.0. The van der Waals surface area contributed by atoms with E-state index in [1.54, 1.807) is 0 Å². The third-order valence-electron chi connectivity index (χ3n) is 5.15. The van der Waals surface area contributed by atoms with Gasteiger partial charge < -0.3 is 9.64 Å². The molecule has 0 atom stereocenters. The molecule has 0 spiro atoms. The molecule has 2 fully saturated rings. The van der Waals surface area contributed by atoms with E-state index < -0.39 is 0 Å². The number of fused-ring (bicyclic) bond motifs is 1. The number of piperazine rings is 1. The van der Waals surface area contributed by atoms with Crippen LogP contribution in [0.5, 0.6) is 5.75 Å². The third-order valence-corrected chi connectivity index (χ3v) is 5.15. The molecule has 0 unspecified atom stereocenters. The summed E-state index contributed by atoms with van der Waals surface area (Å²) in [5.74, 6) is 0.639. The van der Waals surface area contributed by atoms with Crippen molar-refractivity contribution < 1.29 is 19.1 Å². The molecule has 25 heavy (non-hydrogen) atoms. The van der Waals surface area contributed by atoms with Gasteiger partial charge in [0.2, 0.25) is 17.6 Å². The minimum absolute atomic E-state index is 0.0374. The predicted octanol–water partition coefficient (Wildman–Crippen LogP) is 0.533. The molecule has 1 aromatic rings. The second kappa shape index (κ2) is 6.48. The van der Waals surface area contributed by atoms with E-state index in [0.29, 0.717) is 37.2 Å². The summed E-state index contributed by atoms with van der Waals surface area (Å²) in [4.78, 5) is 41.0. The van der Waals surface area contributed by atoms with E-state index in [2.05, 4.69) is 9.80 Å². The maximum atomic E-state index is 11.8. The van der Waals surface area contributed by atoms with Gasteiger partial charge in [-0.3, -0.25) is 24.2 Å². The monoisotopic (exact) mass is 343 g/mol. The first-order valence-corrected chi connectivity index (χ1v) is 8.73. The van der Waals surface area contributed by atoms with Crippen LogP contribution in [0.3, 0.4) is 0 Å². The van der Waals surface area contributed by atoms with Crippen molar-refractivity contribution in [3.05, 3.63) is 23.8 Å². The van der Waals surface area contributed by atoms with Crippen molar-refractivity contribution in [2.45, 2.75) is 12.8 Å². The lowest BCUT2D eigenvalue weighted by atomic mass is 10.1. The number of hydrogen-bond donors (Lipinski definition) is 0. The van der Waals surface area contributed by atoms with Crippen molar-refractivity contribution >= 4 is 23.3 Å². The Morgan fingerprint density at radius 2 is 1.64 bits per heavy atom. The molecule has 2 saturated heterocycles. The molecule has 2 amide bonds. The summed E-state index contributed by atoms with van der Waals surface area (Å²) < 4.78 is 5.57. The number of anilines is 1. The van der Waals surface area contributed by atoms with Crippen LogP contribution in [0, 0.1) is 0 Å². The Kier molecular flexibility index (Phi) is 4.17. The smallest absolute Gasteiger partial charge is 0.229 e. The fraction of sp³-hybridized carbons (Fsp3) is 0.500. The standard InChI is InChI=1S/C18H21N3O4/c22-15-12-25-18-13(15)2-1-3-14(18)20-9-6-19(7-10-20)8-11-21-16(23)4-5-17(21)24/h1-3H,4-12H2. The molecule has 0 bridgehead atoms. The first-order valence-electron chi connectivity index (χ1n) is 8.73. The molecule has 4 rings (SSSR count). The average Bonchev–Trinajstić information content (AvgIpc) is 3.16. The van der Waals surface area contributed by atoms with Gasteiger partial charge in [-0.25, -0.2) is 0 Å². The maximum absolute atomic E-state index is 11.8. The molecule has 3 heterocycles. The average molecular weight is 343 g/mol. The third kappa shape index (κ3) is 3.00. The lowest BCUT2D eigenvalue weighted by molar-refractivity contribution is -0.138. The van der Waals surface area contributed by atoms with Gasteiger partial charge in [-0.1, -0.05) is 6.07 Å². The Bertz CT molecular complexity index is 709. The van der Waals surface area contributed by atoms with Crippen LogP contribution in [-0.4, -0.2) is 73.3 Å². The number of nitrogens with zero attached hydrogens (tertiary/aromatic N) is 3. The fourth-order valence-electron chi connectivity index (χ4n) is 3.69. The van der Waals surface area contributed by atoms with E-state index in [1.807, 2.05) is 18.2 Å². The molecule has 0 aromatic heterocycles. The highest BCUT2D eigenvalue weighted by atomic mass is 16.5. The molecule has 3 aliphatic heterocycles. The zero-order valence-corrected chi connectivity index (χ0v) is 14.1. The number of rotatable bonds is 4. The summed E-state index contributed by atoms with van der Waals surface area (Å²) in [5, 5.41) is 0. The van der Waals surface area contributed by atoms with Crippen LogP contribution in [-0.2, 0) is 9.59 Å². The summed E-state index contributed by atoms with van der Waals surface area (Å²) in [5.41, 5.74) is 1.65. The van der Waals surface area contributed by atoms with Crippen LogP contribution in [0.15, 0.2) is 18.2 Å². The van der Waals surface area contributed by atoms with Gasteiger partial charge >= 0.3 is 0 Å². The Morgan fingerprint density at radius 3 is 2.36 bits per heavy atom. The highest BCUT2D eigenvalue weighted by molar-refractivity contribution is 6.04. The molecular formula is C18H21N3O4. The molecule has 1 aromatic carbocycles. The number of hydrogen-bond acceptors (Lipinski definition) is 6. The molecule has 7 heteroatoms. The van der Waals surface area contributed by atoms with Crippen LogP contribution >= 0.6 is 0 Å². The van der Waals surface area contributed by atoms with Gasteiger partial charge in [-0.05, 0) is 12.1 Å². The SMILES string of the molecule is O=C1COc2c1cccc2N1CCN(CCN2C(=O)CCC2=O)CC1. The van der Waals surface area contributed by atoms with Gasteiger partial charge in [0.25, 0.3) is 0 Å².